The van der Waals surface area contributed by atoms with E-state index < -0.39 is 0 Å². The largest absolute Gasteiger partial charge is 0.326 e. The van der Waals surface area contributed by atoms with Crippen LogP contribution in [-0.4, -0.2) is 18.5 Å². The Morgan fingerprint density at radius 2 is 2.05 bits per heavy atom. The highest BCUT2D eigenvalue weighted by Gasteiger charge is 2.08. The Balaban J connectivity index is 2.53. The lowest BCUT2D eigenvalue weighted by molar-refractivity contribution is -0.116. The minimum absolute atomic E-state index is 0.0832. The zero-order valence-corrected chi connectivity index (χ0v) is 12.5. The van der Waals surface area contributed by atoms with E-state index in [1.165, 1.54) is 5.56 Å². The second-order valence-electron chi connectivity index (χ2n) is 5.02. The first-order valence-electron chi connectivity index (χ1n) is 7.20. The molecule has 0 spiro atoms. The molecular formula is C16H26N2O. The van der Waals surface area contributed by atoms with E-state index in [1.54, 1.807) is 0 Å². The Morgan fingerprint density at radius 3 is 2.68 bits per heavy atom. The van der Waals surface area contributed by atoms with Gasteiger partial charge in [0.15, 0.2) is 0 Å². The number of carbonyl (C=O) groups is 1. The number of amides is 1. The van der Waals surface area contributed by atoms with Crippen LogP contribution in [0.1, 0.15) is 44.7 Å². The number of benzene rings is 1. The molecule has 0 aliphatic carbocycles. The molecule has 0 aliphatic rings. The summed E-state index contributed by atoms with van der Waals surface area (Å²) in [6.07, 6.45) is 2.53. The van der Waals surface area contributed by atoms with Gasteiger partial charge in [0.05, 0.1) is 0 Å². The normalized spacial score (nSPS) is 12.2. The molecule has 1 aromatic rings. The lowest BCUT2D eigenvalue weighted by Gasteiger charge is -2.14. The molecule has 1 amide bonds. The summed E-state index contributed by atoms with van der Waals surface area (Å²) in [6.45, 7) is 9.14. The average molecular weight is 262 g/mol. The van der Waals surface area contributed by atoms with Crippen LogP contribution in [0.5, 0.6) is 0 Å². The van der Waals surface area contributed by atoms with Gasteiger partial charge in [0.25, 0.3) is 0 Å². The van der Waals surface area contributed by atoms with Crippen LogP contribution in [0, 0.1) is 6.92 Å². The Morgan fingerprint density at radius 1 is 1.32 bits per heavy atom. The van der Waals surface area contributed by atoms with Gasteiger partial charge in [-0.2, -0.15) is 0 Å². The maximum Gasteiger partial charge on any atom is 0.225 e. The van der Waals surface area contributed by atoms with Gasteiger partial charge in [0.2, 0.25) is 5.91 Å². The van der Waals surface area contributed by atoms with E-state index in [4.69, 9.17) is 0 Å². The summed E-state index contributed by atoms with van der Waals surface area (Å²) < 4.78 is 0. The van der Waals surface area contributed by atoms with E-state index in [9.17, 15) is 4.79 Å². The van der Waals surface area contributed by atoms with Gasteiger partial charge in [-0.15, -0.1) is 0 Å². The quantitative estimate of drug-likeness (QED) is 0.792. The molecule has 2 N–H and O–H groups in total. The fraction of sp³-hybridized carbons (Fsp3) is 0.562. The third-order valence-electron chi connectivity index (χ3n) is 3.46. The van der Waals surface area contributed by atoms with Crippen molar-refractivity contribution < 1.29 is 4.79 Å². The van der Waals surface area contributed by atoms with Crippen molar-refractivity contribution in [2.24, 2.45) is 0 Å². The van der Waals surface area contributed by atoms with Gasteiger partial charge >= 0.3 is 0 Å². The third kappa shape index (κ3) is 5.03. The minimum Gasteiger partial charge on any atom is -0.326 e. The molecule has 106 valence electrons. The van der Waals surface area contributed by atoms with Crippen molar-refractivity contribution in [1.82, 2.24) is 5.32 Å². The molecule has 0 saturated carbocycles. The summed E-state index contributed by atoms with van der Waals surface area (Å²) in [5, 5.41) is 6.37. The fourth-order valence-electron chi connectivity index (χ4n) is 1.98. The zero-order valence-electron chi connectivity index (χ0n) is 12.5. The van der Waals surface area contributed by atoms with Gasteiger partial charge < -0.3 is 10.6 Å². The van der Waals surface area contributed by atoms with Crippen molar-refractivity contribution in [3.8, 4) is 0 Å². The zero-order chi connectivity index (χ0) is 14.3. The molecule has 1 unspecified atom stereocenters. The molecular weight excluding hydrogens is 236 g/mol. The number of para-hydroxylation sites is 1. The highest BCUT2D eigenvalue weighted by Crippen LogP contribution is 2.21. The average Bonchev–Trinajstić information content (AvgIpc) is 2.40. The molecule has 0 bridgehead atoms. The van der Waals surface area contributed by atoms with E-state index >= 15 is 0 Å². The molecule has 1 rings (SSSR count). The molecule has 0 aromatic heterocycles. The predicted molar refractivity (Wildman–Crippen MR) is 81.6 cm³/mol. The highest BCUT2D eigenvalue weighted by molar-refractivity contribution is 5.92. The first-order valence-corrected chi connectivity index (χ1v) is 7.20. The van der Waals surface area contributed by atoms with Crippen LogP contribution in [0.25, 0.3) is 0 Å². The van der Waals surface area contributed by atoms with Gasteiger partial charge in [-0.3, -0.25) is 4.79 Å². The molecule has 1 aromatic carbocycles. The van der Waals surface area contributed by atoms with Crippen LogP contribution in [0.15, 0.2) is 18.2 Å². The maximum absolute atomic E-state index is 12.0. The molecule has 3 nitrogen and oxygen atoms in total. The summed E-state index contributed by atoms with van der Waals surface area (Å²) in [4.78, 5) is 12.0. The van der Waals surface area contributed by atoms with E-state index in [1.807, 2.05) is 19.1 Å². The number of anilines is 1. The minimum atomic E-state index is 0.0832. The second-order valence-corrected chi connectivity index (χ2v) is 5.02. The molecule has 0 aliphatic heterocycles. The van der Waals surface area contributed by atoms with Gasteiger partial charge in [0.1, 0.15) is 0 Å². The van der Waals surface area contributed by atoms with Crippen LogP contribution in [-0.2, 0) is 11.2 Å². The number of carbonyl (C=O) groups excluding carboxylic acids is 1. The first kappa shape index (κ1) is 15.7. The number of nitrogens with one attached hydrogen (secondary N) is 2. The fourth-order valence-corrected chi connectivity index (χ4v) is 1.98. The molecule has 1 atom stereocenters. The van der Waals surface area contributed by atoms with Gasteiger partial charge in [0, 0.05) is 24.7 Å². The second kappa shape index (κ2) is 7.95. The van der Waals surface area contributed by atoms with Crippen LogP contribution < -0.4 is 10.6 Å². The van der Waals surface area contributed by atoms with Crippen molar-refractivity contribution in [2.45, 2.75) is 53.0 Å². The van der Waals surface area contributed by atoms with Crippen LogP contribution in [0.2, 0.25) is 0 Å². The van der Waals surface area contributed by atoms with Crippen molar-refractivity contribution in [1.29, 1.82) is 0 Å². The number of aryl methyl sites for hydroxylation is 2. The van der Waals surface area contributed by atoms with Crippen molar-refractivity contribution >= 4 is 11.6 Å². The standard InChI is InChI=1S/C16H26N2O/c1-5-13(4)17-11-10-15(19)18-16-12(3)8-7-9-14(16)6-2/h7-9,13,17H,5-6,10-11H2,1-4H3,(H,18,19). The number of hydrogen-bond donors (Lipinski definition) is 2. The van der Waals surface area contributed by atoms with E-state index in [0.717, 1.165) is 30.6 Å². The smallest absolute Gasteiger partial charge is 0.225 e. The van der Waals surface area contributed by atoms with Crippen LogP contribution in [0.4, 0.5) is 5.69 Å². The van der Waals surface area contributed by atoms with E-state index in [2.05, 4.69) is 37.5 Å². The van der Waals surface area contributed by atoms with E-state index in [-0.39, 0.29) is 5.91 Å². The number of rotatable bonds is 7. The van der Waals surface area contributed by atoms with Crippen LogP contribution >= 0.6 is 0 Å². The summed E-state index contributed by atoms with van der Waals surface area (Å²) in [7, 11) is 0. The van der Waals surface area contributed by atoms with Gasteiger partial charge in [-0.1, -0.05) is 32.0 Å². The Bertz CT molecular complexity index is 415. The SMILES string of the molecule is CCc1cccc(C)c1NC(=O)CCNC(C)CC. The van der Waals surface area contributed by atoms with Crippen molar-refractivity contribution in [2.75, 3.05) is 11.9 Å². The van der Waals surface area contributed by atoms with Gasteiger partial charge in [-0.05, 0) is 37.8 Å². The molecule has 19 heavy (non-hydrogen) atoms. The highest BCUT2D eigenvalue weighted by atomic mass is 16.1. The van der Waals surface area contributed by atoms with Crippen LogP contribution in [0.3, 0.4) is 0 Å². The predicted octanol–water partition coefficient (Wildman–Crippen LogP) is 3.27. The lowest BCUT2D eigenvalue weighted by atomic mass is 10.1. The Kier molecular flexibility index (Phi) is 6.57. The molecule has 0 heterocycles. The lowest BCUT2D eigenvalue weighted by Crippen LogP contribution is -2.29. The Labute approximate surface area is 116 Å². The van der Waals surface area contributed by atoms with Crippen molar-refractivity contribution in [3.05, 3.63) is 29.3 Å². The van der Waals surface area contributed by atoms with E-state index in [0.29, 0.717) is 12.5 Å². The summed E-state index contributed by atoms with van der Waals surface area (Å²) in [5.41, 5.74) is 3.31. The molecule has 0 fully saturated rings. The number of hydrogen-bond acceptors (Lipinski definition) is 2. The third-order valence-corrected chi connectivity index (χ3v) is 3.46. The molecule has 3 heteroatoms. The topological polar surface area (TPSA) is 41.1 Å². The summed E-state index contributed by atoms with van der Waals surface area (Å²) in [5.74, 6) is 0.0832. The maximum atomic E-state index is 12.0. The van der Waals surface area contributed by atoms with Gasteiger partial charge in [-0.25, -0.2) is 0 Å². The monoisotopic (exact) mass is 262 g/mol. The summed E-state index contributed by atoms with van der Waals surface area (Å²) >= 11 is 0. The first-order chi connectivity index (χ1) is 9.08. The van der Waals surface area contributed by atoms with Crippen molar-refractivity contribution in [3.63, 3.8) is 0 Å². The Hall–Kier alpha value is -1.35. The summed E-state index contributed by atoms with van der Waals surface area (Å²) in [6, 6.07) is 6.61. The molecule has 0 radical (unpaired) electrons. The molecule has 0 saturated heterocycles.